The second kappa shape index (κ2) is 5.31. The highest BCUT2D eigenvalue weighted by atomic mass is 32.2. The van der Waals surface area contributed by atoms with Crippen LogP contribution >= 0.6 is 0 Å². The van der Waals surface area contributed by atoms with Gasteiger partial charge in [0.2, 0.25) is 10.0 Å². The van der Waals surface area contributed by atoms with Crippen molar-refractivity contribution in [1.82, 2.24) is 4.72 Å². The molecule has 0 aromatic heterocycles. The van der Waals surface area contributed by atoms with Gasteiger partial charge in [-0.3, -0.25) is 0 Å². The maximum atomic E-state index is 13.6. The van der Waals surface area contributed by atoms with E-state index in [1.807, 2.05) is 0 Å². The quantitative estimate of drug-likeness (QED) is 0.828. The molecule has 112 valence electrons. The molecule has 20 heavy (non-hydrogen) atoms. The standard InChI is InChI=1S/C13H19FN2O3S/c1-13(8-15,9-3-4-9)16-20(17,18)10-5-6-12(19-2)11(14)7-10/h5-7,9,16H,3-4,8,15H2,1-2H3. The summed E-state index contributed by atoms with van der Waals surface area (Å²) in [6, 6.07) is 3.56. The van der Waals surface area contributed by atoms with E-state index in [-0.39, 0.29) is 23.1 Å². The smallest absolute Gasteiger partial charge is 0.241 e. The second-order valence-corrected chi connectivity index (χ2v) is 6.98. The van der Waals surface area contributed by atoms with Crippen LogP contribution in [0, 0.1) is 11.7 Å². The number of hydrogen-bond donors (Lipinski definition) is 2. The fourth-order valence-electron chi connectivity index (χ4n) is 2.19. The molecule has 1 fully saturated rings. The molecule has 3 N–H and O–H groups in total. The van der Waals surface area contributed by atoms with Gasteiger partial charge in [-0.05, 0) is 43.9 Å². The maximum absolute atomic E-state index is 13.6. The predicted octanol–water partition coefficient (Wildman–Crippen LogP) is 1.24. The van der Waals surface area contributed by atoms with Crippen molar-refractivity contribution in [3.05, 3.63) is 24.0 Å². The van der Waals surface area contributed by atoms with Crippen molar-refractivity contribution in [3.8, 4) is 5.75 Å². The zero-order valence-electron chi connectivity index (χ0n) is 11.5. The molecule has 1 saturated carbocycles. The molecular weight excluding hydrogens is 283 g/mol. The molecule has 0 heterocycles. The first-order valence-electron chi connectivity index (χ1n) is 6.40. The lowest BCUT2D eigenvalue weighted by atomic mass is 9.98. The summed E-state index contributed by atoms with van der Waals surface area (Å²) < 4.78 is 45.6. The summed E-state index contributed by atoms with van der Waals surface area (Å²) >= 11 is 0. The Kier molecular flexibility index (Phi) is 4.04. The van der Waals surface area contributed by atoms with Crippen LogP contribution < -0.4 is 15.2 Å². The van der Waals surface area contributed by atoms with Crippen molar-refractivity contribution >= 4 is 10.0 Å². The Morgan fingerprint density at radius 3 is 2.60 bits per heavy atom. The van der Waals surface area contributed by atoms with Gasteiger partial charge in [-0.15, -0.1) is 0 Å². The highest BCUT2D eigenvalue weighted by Crippen LogP contribution is 2.39. The van der Waals surface area contributed by atoms with E-state index in [9.17, 15) is 12.8 Å². The predicted molar refractivity (Wildman–Crippen MR) is 73.5 cm³/mol. The van der Waals surface area contributed by atoms with Crippen LogP contribution in [-0.4, -0.2) is 27.6 Å². The zero-order chi connectivity index (χ0) is 15.0. The monoisotopic (exact) mass is 302 g/mol. The number of benzene rings is 1. The lowest BCUT2D eigenvalue weighted by Gasteiger charge is -2.29. The van der Waals surface area contributed by atoms with Gasteiger partial charge in [-0.1, -0.05) is 0 Å². The fourth-order valence-corrected chi connectivity index (χ4v) is 3.68. The van der Waals surface area contributed by atoms with Gasteiger partial charge < -0.3 is 10.5 Å². The molecule has 0 amide bonds. The van der Waals surface area contributed by atoms with E-state index in [1.54, 1.807) is 6.92 Å². The number of halogens is 1. The largest absolute Gasteiger partial charge is 0.494 e. The van der Waals surface area contributed by atoms with Gasteiger partial charge in [0.15, 0.2) is 11.6 Å². The Morgan fingerprint density at radius 2 is 2.15 bits per heavy atom. The van der Waals surface area contributed by atoms with E-state index in [2.05, 4.69) is 4.72 Å². The summed E-state index contributed by atoms with van der Waals surface area (Å²) in [5.41, 5.74) is 5.00. The molecule has 0 spiro atoms. The number of ether oxygens (including phenoxy) is 1. The fraction of sp³-hybridized carbons (Fsp3) is 0.538. The first-order valence-corrected chi connectivity index (χ1v) is 7.88. The van der Waals surface area contributed by atoms with Gasteiger partial charge in [0.1, 0.15) is 0 Å². The normalized spacial score (nSPS) is 18.6. The molecule has 0 bridgehead atoms. The van der Waals surface area contributed by atoms with E-state index in [1.165, 1.54) is 19.2 Å². The van der Waals surface area contributed by atoms with E-state index in [0.717, 1.165) is 18.9 Å². The molecular formula is C13H19FN2O3S. The number of hydrogen-bond acceptors (Lipinski definition) is 4. The second-order valence-electron chi connectivity index (χ2n) is 5.30. The number of methoxy groups -OCH3 is 1. The minimum atomic E-state index is -3.81. The summed E-state index contributed by atoms with van der Waals surface area (Å²) in [6.07, 6.45) is 1.90. The number of nitrogens with one attached hydrogen (secondary N) is 1. The zero-order valence-corrected chi connectivity index (χ0v) is 12.3. The molecule has 1 aromatic rings. The molecule has 2 rings (SSSR count). The molecule has 1 unspecified atom stereocenters. The van der Waals surface area contributed by atoms with Gasteiger partial charge in [0.25, 0.3) is 0 Å². The first-order chi connectivity index (χ1) is 9.32. The first kappa shape index (κ1) is 15.2. The van der Waals surface area contributed by atoms with Crippen molar-refractivity contribution in [1.29, 1.82) is 0 Å². The van der Waals surface area contributed by atoms with Crippen molar-refractivity contribution in [2.24, 2.45) is 11.7 Å². The molecule has 1 atom stereocenters. The average Bonchev–Trinajstić information content (AvgIpc) is 3.22. The van der Waals surface area contributed by atoms with Gasteiger partial charge in [0, 0.05) is 12.1 Å². The van der Waals surface area contributed by atoms with Gasteiger partial charge in [-0.2, -0.15) is 0 Å². The van der Waals surface area contributed by atoms with E-state index >= 15 is 0 Å². The van der Waals surface area contributed by atoms with Crippen LogP contribution in [0.3, 0.4) is 0 Å². The molecule has 5 nitrogen and oxygen atoms in total. The minimum absolute atomic E-state index is 0.00716. The summed E-state index contributed by atoms with van der Waals surface area (Å²) in [4.78, 5) is -0.129. The highest BCUT2D eigenvalue weighted by molar-refractivity contribution is 7.89. The molecule has 1 aromatic carbocycles. The van der Waals surface area contributed by atoms with E-state index in [4.69, 9.17) is 10.5 Å². The minimum Gasteiger partial charge on any atom is -0.494 e. The Balaban J connectivity index is 2.28. The van der Waals surface area contributed by atoms with Gasteiger partial charge in [0.05, 0.1) is 12.0 Å². The van der Waals surface area contributed by atoms with Crippen LogP contribution in [0.2, 0.25) is 0 Å². The van der Waals surface area contributed by atoms with Crippen LogP contribution in [0.15, 0.2) is 23.1 Å². The third-order valence-electron chi connectivity index (χ3n) is 3.70. The summed E-state index contributed by atoms with van der Waals surface area (Å²) in [5.74, 6) is -0.464. The highest BCUT2D eigenvalue weighted by Gasteiger charge is 2.43. The lowest BCUT2D eigenvalue weighted by molar-refractivity contribution is 0.373. The van der Waals surface area contributed by atoms with Crippen LogP contribution in [0.4, 0.5) is 4.39 Å². The molecule has 7 heteroatoms. The molecule has 1 aliphatic rings. The summed E-state index contributed by atoms with van der Waals surface area (Å²) in [6.45, 7) is 1.98. The third-order valence-corrected chi connectivity index (χ3v) is 5.31. The van der Waals surface area contributed by atoms with Gasteiger partial charge in [-0.25, -0.2) is 17.5 Å². The molecule has 0 aliphatic heterocycles. The van der Waals surface area contributed by atoms with Crippen LogP contribution in [-0.2, 0) is 10.0 Å². The number of sulfonamides is 1. The number of nitrogens with two attached hydrogens (primary N) is 1. The Bertz CT molecular complexity index is 602. The molecule has 0 radical (unpaired) electrons. The van der Waals surface area contributed by atoms with Crippen molar-refractivity contribution in [2.75, 3.05) is 13.7 Å². The van der Waals surface area contributed by atoms with Gasteiger partial charge >= 0.3 is 0 Å². The van der Waals surface area contributed by atoms with E-state index < -0.39 is 21.4 Å². The van der Waals surface area contributed by atoms with Crippen LogP contribution in [0.25, 0.3) is 0 Å². The number of rotatable bonds is 6. The van der Waals surface area contributed by atoms with Crippen LogP contribution in [0.5, 0.6) is 5.75 Å². The Labute approximate surface area is 118 Å². The lowest BCUT2D eigenvalue weighted by Crippen LogP contribution is -2.52. The topological polar surface area (TPSA) is 81.4 Å². The average molecular weight is 302 g/mol. The maximum Gasteiger partial charge on any atom is 0.241 e. The summed E-state index contributed by atoms with van der Waals surface area (Å²) in [5, 5.41) is 0. The SMILES string of the molecule is COc1ccc(S(=O)(=O)NC(C)(CN)C2CC2)cc1F. The van der Waals surface area contributed by atoms with Crippen molar-refractivity contribution < 1.29 is 17.5 Å². The Morgan fingerprint density at radius 1 is 1.50 bits per heavy atom. The van der Waals surface area contributed by atoms with Crippen molar-refractivity contribution in [2.45, 2.75) is 30.2 Å². The molecule has 1 aliphatic carbocycles. The molecule has 0 saturated heterocycles. The third kappa shape index (κ3) is 2.94. The van der Waals surface area contributed by atoms with E-state index in [0.29, 0.717) is 0 Å². The summed E-state index contributed by atoms with van der Waals surface area (Å²) in [7, 11) is -2.49. The Hall–Kier alpha value is -1.18. The van der Waals surface area contributed by atoms with Crippen LogP contribution in [0.1, 0.15) is 19.8 Å². The van der Waals surface area contributed by atoms with Crippen molar-refractivity contribution in [3.63, 3.8) is 0 Å².